The monoisotopic (exact) mass is 355 g/mol. The molecule has 0 amide bonds. The van der Waals surface area contributed by atoms with E-state index >= 15 is 0 Å². The number of benzene rings is 2. The first-order valence-electron chi connectivity index (χ1n) is 7.47. The lowest BCUT2D eigenvalue weighted by Gasteiger charge is -2.22. The van der Waals surface area contributed by atoms with Crippen LogP contribution >= 0.6 is 0 Å². The quantitative estimate of drug-likeness (QED) is 0.788. The first kappa shape index (κ1) is 18.9. The zero-order chi connectivity index (χ0) is 18.9. The van der Waals surface area contributed by atoms with Gasteiger partial charge >= 0.3 is 12.1 Å². The number of rotatable bonds is 4. The second-order valence-corrected chi connectivity index (χ2v) is 5.84. The molecule has 0 saturated heterocycles. The molecule has 3 nitrogen and oxygen atoms in total. The summed E-state index contributed by atoms with van der Waals surface area (Å²) >= 11 is 0. The molecule has 2 aromatic carbocycles. The lowest BCUT2D eigenvalue weighted by molar-refractivity contribution is -0.140. The third-order valence-electron chi connectivity index (χ3n) is 4.08. The summed E-state index contributed by atoms with van der Waals surface area (Å²) in [5.74, 6) is -2.84. The number of hydrogen-bond acceptors (Lipinski definition) is 2. The molecule has 3 N–H and O–H groups in total. The maximum absolute atomic E-state index is 14.5. The van der Waals surface area contributed by atoms with Gasteiger partial charge in [0.05, 0.1) is 12.0 Å². The van der Waals surface area contributed by atoms with Gasteiger partial charge in [-0.25, -0.2) is 4.39 Å². The number of halogens is 4. The molecule has 25 heavy (non-hydrogen) atoms. The van der Waals surface area contributed by atoms with Crippen LogP contribution in [-0.2, 0) is 11.0 Å². The first-order valence-corrected chi connectivity index (χ1v) is 7.47. The highest BCUT2D eigenvalue weighted by Crippen LogP contribution is 2.40. The second kappa shape index (κ2) is 6.84. The van der Waals surface area contributed by atoms with Crippen molar-refractivity contribution in [2.24, 2.45) is 5.73 Å². The molecule has 0 radical (unpaired) electrons. The zero-order valence-electron chi connectivity index (χ0n) is 13.6. The Morgan fingerprint density at radius 1 is 1.20 bits per heavy atom. The van der Waals surface area contributed by atoms with E-state index in [1.807, 2.05) is 0 Å². The highest BCUT2D eigenvalue weighted by molar-refractivity contribution is 5.74. The minimum atomic E-state index is -4.92. The van der Waals surface area contributed by atoms with Crippen molar-refractivity contribution in [1.82, 2.24) is 0 Å². The zero-order valence-corrected chi connectivity index (χ0v) is 13.6. The summed E-state index contributed by atoms with van der Waals surface area (Å²) in [7, 11) is 0. The molecule has 1 atom stereocenters. The van der Waals surface area contributed by atoms with Gasteiger partial charge in [-0.1, -0.05) is 24.3 Å². The lowest BCUT2D eigenvalue weighted by Crippen LogP contribution is -2.21. The number of aryl methyl sites for hydroxylation is 1. The Hall–Kier alpha value is -2.41. The summed E-state index contributed by atoms with van der Waals surface area (Å²) in [5, 5.41) is 8.86. The largest absolute Gasteiger partial charge is 0.481 e. The lowest BCUT2D eigenvalue weighted by atomic mass is 9.87. The van der Waals surface area contributed by atoms with Gasteiger partial charge in [0.1, 0.15) is 5.82 Å². The van der Waals surface area contributed by atoms with Crippen LogP contribution in [0.4, 0.5) is 17.6 Å². The van der Waals surface area contributed by atoms with E-state index in [9.17, 15) is 22.4 Å². The van der Waals surface area contributed by atoms with Gasteiger partial charge in [0.15, 0.2) is 0 Å². The second-order valence-electron chi connectivity index (χ2n) is 5.84. The van der Waals surface area contributed by atoms with Gasteiger partial charge in [0, 0.05) is 11.6 Å². The summed E-state index contributed by atoms with van der Waals surface area (Å²) < 4.78 is 54.4. The van der Waals surface area contributed by atoms with Crippen LogP contribution in [0, 0.1) is 19.7 Å². The first-order chi connectivity index (χ1) is 11.5. The summed E-state index contributed by atoms with van der Waals surface area (Å²) in [4.78, 5) is 10.9. The van der Waals surface area contributed by atoms with Gasteiger partial charge in [0.25, 0.3) is 0 Å². The average molecular weight is 355 g/mol. The Labute approximate surface area is 142 Å². The summed E-state index contributed by atoms with van der Waals surface area (Å²) in [6.45, 7) is 3.17. The minimum absolute atomic E-state index is 0.183. The van der Waals surface area contributed by atoms with E-state index in [0.717, 1.165) is 6.07 Å². The van der Waals surface area contributed by atoms with Crippen LogP contribution in [0.5, 0.6) is 0 Å². The molecule has 0 aliphatic carbocycles. The standard InChI is InChI=1S/C18H17F4NO2/c1-9-5-3-4-6-11(9)12-7-13(18(20,21)22)17(19)16(10(12)2)14(23)8-15(24)25/h3-7,14H,8,23H2,1-2H3,(H,24,25)/t14-/m0/s1. The number of hydrogen-bond donors (Lipinski definition) is 2. The molecule has 0 heterocycles. The highest BCUT2D eigenvalue weighted by Gasteiger charge is 2.37. The van der Waals surface area contributed by atoms with E-state index in [4.69, 9.17) is 10.8 Å². The third kappa shape index (κ3) is 3.82. The van der Waals surface area contributed by atoms with Crippen LogP contribution in [-0.4, -0.2) is 11.1 Å². The van der Waals surface area contributed by atoms with Crippen LogP contribution < -0.4 is 5.73 Å². The number of aliphatic carboxylic acids is 1. The number of carbonyl (C=O) groups is 1. The maximum Gasteiger partial charge on any atom is 0.419 e. The van der Waals surface area contributed by atoms with Gasteiger partial charge in [-0.2, -0.15) is 13.2 Å². The molecular weight excluding hydrogens is 338 g/mol. The molecular formula is C18H17F4NO2. The van der Waals surface area contributed by atoms with Crippen molar-refractivity contribution in [3.05, 3.63) is 58.4 Å². The fourth-order valence-corrected chi connectivity index (χ4v) is 2.86. The summed E-state index contributed by atoms with van der Waals surface area (Å²) in [6.07, 6.45) is -5.60. The number of nitrogens with two attached hydrogens (primary N) is 1. The minimum Gasteiger partial charge on any atom is -0.481 e. The van der Waals surface area contributed by atoms with Crippen LogP contribution in [0.2, 0.25) is 0 Å². The molecule has 0 aliphatic rings. The van der Waals surface area contributed by atoms with E-state index in [-0.39, 0.29) is 11.1 Å². The van der Waals surface area contributed by atoms with Crippen molar-refractivity contribution >= 4 is 5.97 Å². The van der Waals surface area contributed by atoms with Crippen molar-refractivity contribution in [1.29, 1.82) is 0 Å². The van der Waals surface area contributed by atoms with Gasteiger partial charge in [-0.05, 0) is 42.2 Å². The normalized spacial score (nSPS) is 12.9. The Kier molecular flexibility index (Phi) is 5.17. The van der Waals surface area contributed by atoms with Crippen molar-refractivity contribution < 1.29 is 27.5 Å². The molecule has 0 aromatic heterocycles. The van der Waals surface area contributed by atoms with Crippen molar-refractivity contribution in [2.75, 3.05) is 0 Å². The predicted octanol–water partition coefficient (Wildman–Crippen LogP) is 4.60. The van der Waals surface area contributed by atoms with Crippen molar-refractivity contribution in [3.8, 4) is 11.1 Å². The van der Waals surface area contributed by atoms with Crippen molar-refractivity contribution in [2.45, 2.75) is 32.5 Å². The Morgan fingerprint density at radius 2 is 1.80 bits per heavy atom. The molecule has 0 bridgehead atoms. The fourth-order valence-electron chi connectivity index (χ4n) is 2.86. The molecule has 2 aromatic rings. The number of carboxylic acids is 1. The SMILES string of the molecule is Cc1ccccc1-c1cc(C(F)(F)F)c(F)c([C@@H](N)CC(=O)O)c1C. The Balaban J connectivity index is 2.81. The van der Waals surface area contributed by atoms with Gasteiger partial charge in [-0.3, -0.25) is 4.79 Å². The molecule has 0 aliphatic heterocycles. The van der Waals surface area contributed by atoms with Crippen molar-refractivity contribution in [3.63, 3.8) is 0 Å². The highest BCUT2D eigenvalue weighted by atomic mass is 19.4. The van der Waals surface area contributed by atoms with Crippen LogP contribution in [0.3, 0.4) is 0 Å². The summed E-state index contributed by atoms with van der Waals surface area (Å²) in [6, 6.07) is 6.12. The molecule has 134 valence electrons. The Bertz CT molecular complexity index is 815. The maximum atomic E-state index is 14.5. The fraction of sp³-hybridized carbons (Fsp3) is 0.278. The number of alkyl halides is 3. The van der Waals surface area contributed by atoms with E-state index in [0.29, 0.717) is 11.1 Å². The Morgan fingerprint density at radius 3 is 2.32 bits per heavy atom. The van der Waals surface area contributed by atoms with E-state index < -0.39 is 41.6 Å². The van der Waals surface area contributed by atoms with Gasteiger partial charge in [0.2, 0.25) is 0 Å². The van der Waals surface area contributed by atoms with Gasteiger partial charge < -0.3 is 10.8 Å². The number of carboxylic acid groups (broad SMARTS) is 1. The molecule has 0 fully saturated rings. The van der Waals surface area contributed by atoms with Crippen LogP contribution in [0.1, 0.15) is 34.7 Å². The molecule has 0 saturated carbocycles. The van der Waals surface area contributed by atoms with E-state index in [1.165, 1.54) is 6.92 Å². The molecule has 0 spiro atoms. The summed E-state index contributed by atoms with van der Waals surface area (Å²) in [5.41, 5.74) is 5.44. The average Bonchev–Trinajstić information content (AvgIpc) is 2.46. The molecule has 7 heteroatoms. The topological polar surface area (TPSA) is 63.3 Å². The third-order valence-corrected chi connectivity index (χ3v) is 4.08. The predicted molar refractivity (Wildman–Crippen MR) is 85.5 cm³/mol. The van der Waals surface area contributed by atoms with Crippen LogP contribution in [0.25, 0.3) is 11.1 Å². The van der Waals surface area contributed by atoms with Crippen LogP contribution in [0.15, 0.2) is 30.3 Å². The van der Waals surface area contributed by atoms with E-state index in [1.54, 1.807) is 31.2 Å². The smallest absolute Gasteiger partial charge is 0.419 e. The molecule has 2 rings (SSSR count). The van der Waals surface area contributed by atoms with Gasteiger partial charge in [-0.15, -0.1) is 0 Å². The molecule has 0 unspecified atom stereocenters. The van der Waals surface area contributed by atoms with E-state index in [2.05, 4.69) is 0 Å².